The molecule has 2 aromatic carbocycles. The number of nitrogens with zero attached hydrogens (tertiary/aromatic N) is 1. The number of carbonyl (C=O) groups excluding carboxylic acids is 1. The summed E-state index contributed by atoms with van der Waals surface area (Å²) in [7, 11) is 0. The van der Waals surface area contributed by atoms with Crippen LogP contribution in [-0.4, -0.2) is 28.1 Å². The Bertz CT molecular complexity index is 1090. The van der Waals surface area contributed by atoms with E-state index < -0.39 is 12.2 Å². The molecule has 0 bridgehead atoms. The molecule has 0 radical (unpaired) electrons. The summed E-state index contributed by atoms with van der Waals surface area (Å²) in [5.74, 6) is 1.29. The lowest BCUT2D eigenvalue weighted by atomic mass is 10.1. The first-order valence-corrected chi connectivity index (χ1v) is 8.91. The molecule has 28 heavy (non-hydrogen) atoms. The molecule has 2 heterocycles. The number of carbonyl (C=O) groups is 1. The lowest BCUT2D eigenvalue weighted by Crippen LogP contribution is -2.46. The van der Waals surface area contributed by atoms with Crippen molar-refractivity contribution < 1.29 is 14.3 Å². The molecule has 1 amide bonds. The van der Waals surface area contributed by atoms with Crippen molar-refractivity contribution in [2.75, 3.05) is 5.32 Å². The van der Waals surface area contributed by atoms with Gasteiger partial charge in [-0.05, 0) is 38.1 Å². The Balaban J connectivity index is 1.55. The van der Waals surface area contributed by atoms with Crippen LogP contribution in [0.15, 0.2) is 59.4 Å². The van der Waals surface area contributed by atoms with Crippen LogP contribution in [-0.2, 0) is 4.79 Å². The van der Waals surface area contributed by atoms with E-state index in [0.29, 0.717) is 34.3 Å². The van der Waals surface area contributed by atoms with Crippen LogP contribution in [0, 0.1) is 6.92 Å². The Morgan fingerprint density at radius 1 is 1.07 bits per heavy atom. The quantitative estimate of drug-likeness (QED) is 0.732. The van der Waals surface area contributed by atoms with Crippen LogP contribution in [0.2, 0.25) is 0 Å². The maximum absolute atomic E-state index is 12.8. The van der Waals surface area contributed by atoms with Gasteiger partial charge in [-0.1, -0.05) is 24.3 Å². The zero-order valence-corrected chi connectivity index (χ0v) is 15.4. The molecule has 3 aromatic rings. The first kappa shape index (κ1) is 17.8. The fraction of sp³-hybridized carbons (Fsp3) is 0.190. The maximum atomic E-state index is 12.8. The van der Waals surface area contributed by atoms with Crippen LogP contribution in [0.5, 0.6) is 11.5 Å². The predicted molar refractivity (Wildman–Crippen MR) is 105 cm³/mol. The van der Waals surface area contributed by atoms with Gasteiger partial charge in [0, 0.05) is 23.0 Å². The Morgan fingerprint density at radius 3 is 2.57 bits per heavy atom. The van der Waals surface area contributed by atoms with Gasteiger partial charge in [-0.15, -0.1) is 0 Å². The number of aryl methyl sites for hydroxylation is 1. The molecule has 2 N–H and O–H groups in total. The molecule has 0 fully saturated rings. The average molecular weight is 377 g/mol. The number of hydrogen-bond donors (Lipinski definition) is 2. The molecular weight excluding hydrogens is 358 g/mol. The smallest absolute Gasteiger partial charge is 0.269 e. The predicted octanol–water partition coefficient (Wildman–Crippen LogP) is 2.91. The van der Waals surface area contributed by atoms with E-state index >= 15 is 0 Å². The number of nitrogens with one attached hydrogen (secondary N) is 2. The number of aromatic amines is 1. The number of hydrogen-bond acceptors (Lipinski definition) is 5. The number of anilines is 1. The number of benzene rings is 2. The number of aromatic nitrogens is 2. The Hall–Kier alpha value is -3.61. The Labute approximate surface area is 161 Å². The van der Waals surface area contributed by atoms with Gasteiger partial charge in [-0.25, -0.2) is 4.98 Å². The summed E-state index contributed by atoms with van der Waals surface area (Å²) in [5, 5.41) is 2.85. The number of fused-ring (bicyclic) bond motifs is 1. The molecule has 7 nitrogen and oxygen atoms in total. The molecule has 0 saturated carbocycles. The van der Waals surface area contributed by atoms with Gasteiger partial charge in [0.05, 0.1) is 0 Å². The molecule has 2 atom stereocenters. The molecule has 1 aromatic heterocycles. The van der Waals surface area contributed by atoms with E-state index in [0.717, 1.165) is 0 Å². The van der Waals surface area contributed by atoms with Crippen LogP contribution >= 0.6 is 0 Å². The average Bonchev–Trinajstić information content (AvgIpc) is 2.67. The molecular formula is C21H19N3O4. The van der Waals surface area contributed by atoms with Crippen LogP contribution in [0.4, 0.5) is 5.69 Å². The Kier molecular flexibility index (Phi) is 4.57. The fourth-order valence-electron chi connectivity index (χ4n) is 3.08. The van der Waals surface area contributed by atoms with Gasteiger partial charge in [0.25, 0.3) is 11.5 Å². The van der Waals surface area contributed by atoms with E-state index in [1.54, 1.807) is 44.2 Å². The SMILES string of the molecule is Cc1cc(=O)[nH]c(-c2cccc(NC(=O)[C@H]3Oc4ccccc4O[C@H]3C)c2)n1. The number of rotatable bonds is 3. The first-order chi connectivity index (χ1) is 13.5. The van der Waals surface area contributed by atoms with Gasteiger partial charge in [0.2, 0.25) is 6.10 Å². The summed E-state index contributed by atoms with van der Waals surface area (Å²) in [6.45, 7) is 3.54. The Morgan fingerprint density at radius 2 is 1.82 bits per heavy atom. The standard InChI is InChI=1S/C21H19N3O4/c1-12-10-18(25)24-20(22-12)14-6-5-7-15(11-14)23-21(26)19-13(2)27-16-8-3-4-9-17(16)28-19/h3-11,13,19H,1-2H3,(H,23,26)(H,22,24,25)/t13-,19-/m0/s1. The van der Waals surface area contributed by atoms with Crippen molar-refractivity contribution in [3.05, 3.63) is 70.6 Å². The molecule has 0 unspecified atom stereocenters. The number of H-pyrrole nitrogens is 1. The minimum Gasteiger partial charge on any atom is -0.482 e. The van der Waals surface area contributed by atoms with Gasteiger partial charge < -0.3 is 19.8 Å². The zero-order chi connectivity index (χ0) is 19.7. The minimum atomic E-state index is -0.782. The van der Waals surface area contributed by atoms with Crippen molar-refractivity contribution in [1.82, 2.24) is 9.97 Å². The third-order valence-electron chi connectivity index (χ3n) is 4.37. The number of amides is 1. The molecule has 4 rings (SSSR count). The second-order valence-corrected chi connectivity index (χ2v) is 6.61. The highest BCUT2D eigenvalue weighted by atomic mass is 16.6. The summed E-state index contributed by atoms with van der Waals surface area (Å²) in [6.07, 6.45) is -1.22. The highest BCUT2D eigenvalue weighted by molar-refractivity contribution is 5.95. The molecule has 1 aliphatic rings. The third-order valence-corrected chi connectivity index (χ3v) is 4.37. The van der Waals surface area contributed by atoms with Gasteiger partial charge >= 0.3 is 0 Å². The van der Waals surface area contributed by atoms with Gasteiger partial charge in [-0.2, -0.15) is 0 Å². The van der Waals surface area contributed by atoms with Gasteiger partial charge in [0.1, 0.15) is 11.9 Å². The van der Waals surface area contributed by atoms with Crippen molar-refractivity contribution in [3.63, 3.8) is 0 Å². The third kappa shape index (κ3) is 3.59. The summed E-state index contributed by atoms with van der Waals surface area (Å²) in [5.41, 5.74) is 1.66. The number of para-hydroxylation sites is 2. The highest BCUT2D eigenvalue weighted by Crippen LogP contribution is 2.33. The van der Waals surface area contributed by atoms with Crippen molar-refractivity contribution in [2.24, 2.45) is 0 Å². The van der Waals surface area contributed by atoms with E-state index in [1.165, 1.54) is 6.07 Å². The van der Waals surface area contributed by atoms with E-state index in [2.05, 4.69) is 15.3 Å². The highest BCUT2D eigenvalue weighted by Gasteiger charge is 2.34. The van der Waals surface area contributed by atoms with Crippen LogP contribution in [0.3, 0.4) is 0 Å². The lowest BCUT2D eigenvalue weighted by Gasteiger charge is -2.31. The van der Waals surface area contributed by atoms with E-state index in [1.807, 2.05) is 18.2 Å². The summed E-state index contributed by atoms with van der Waals surface area (Å²) in [6, 6.07) is 15.8. The number of ether oxygens (including phenoxy) is 2. The summed E-state index contributed by atoms with van der Waals surface area (Å²) in [4.78, 5) is 31.5. The monoisotopic (exact) mass is 377 g/mol. The van der Waals surface area contributed by atoms with Crippen molar-refractivity contribution in [1.29, 1.82) is 0 Å². The molecule has 0 saturated heterocycles. The fourth-order valence-corrected chi connectivity index (χ4v) is 3.08. The summed E-state index contributed by atoms with van der Waals surface area (Å²) >= 11 is 0. The zero-order valence-electron chi connectivity index (χ0n) is 15.4. The van der Waals surface area contributed by atoms with E-state index in [-0.39, 0.29) is 11.5 Å². The van der Waals surface area contributed by atoms with Crippen molar-refractivity contribution in [2.45, 2.75) is 26.1 Å². The molecule has 142 valence electrons. The van der Waals surface area contributed by atoms with Crippen molar-refractivity contribution in [3.8, 4) is 22.9 Å². The van der Waals surface area contributed by atoms with Gasteiger partial charge in [0.15, 0.2) is 11.5 Å². The maximum Gasteiger partial charge on any atom is 0.269 e. The summed E-state index contributed by atoms with van der Waals surface area (Å²) < 4.78 is 11.6. The topological polar surface area (TPSA) is 93.3 Å². The van der Waals surface area contributed by atoms with Crippen molar-refractivity contribution >= 4 is 11.6 Å². The largest absolute Gasteiger partial charge is 0.482 e. The van der Waals surface area contributed by atoms with Crippen LogP contribution in [0.1, 0.15) is 12.6 Å². The normalized spacial score (nSPS) is 17.8. The van der Waals surface area contributed by atoms with E-state index in [9.17, 15) is 9.59 Å². The minimum absolute atomic E-state index is 0.225. The van der Waals surface area contributed by atoms with Gasteiger partial charge in [-0.3, -0.25) is 9.59 Å². The molecule has 0 aliphatic carbocycles. The van der Waals surface area contributed by atoms with Crippen LogP contribution in [0.25, 0.3) is 11.4 Å². The lowest BCUT2D eigenvalue weighted by molar-refractivity contribution is -0.128. The molecule has 1 aliphatic heterocycles. The second-order valence-electron chi connectivity index (χ2n) is 6.61. The molecule has 0 spiro atoms. The molecule has 7 heteroatoms. The first-order valence-electron chi connectivity index (χ1n) is 8.91. The van der Waals surface area contributed by atoms with E-state index in [4.69, 9.17) is 9.47 Å². The van der Waals surface area contributed by atoms with Crippen LogP contribution < -0.4 is 20.3 Å². The second kappa shape index (κ2) is 7.19.